The highest BCUT2D eigenvalue weighted by Gasteiger charge is 2.59. The fourth-order valence-corrected chi connectivity index (χ4v) is 8.46. The summed E-state index contributed by atoms with van der Waals surface area (Å²) in [5, 5.41) is 0. The molecule has 4 aliphatic carbocycles. The summed E-state index contributed by atoms with van der Waals surface area (Å²) in [7, 11) is 0. The van der Waals surface area contributed by atoms with Crippen LogP contribution in [0.15, 0.2) is 48.6 Å². The van der Waals surface area contributed by atoms with E-state index in [1.807, 2.05) is 0 Å². The van der Waals surface area contributed by atoms with Gasteiger partial charge in [-0.1, -0.05) is 38.2 Å². The number of allylic oxidation sites excluding steroid dienone is 1. The second kappa shape index (κ2) is 9.26. The first-order chi connectivity index (χ1) is 16.8. The van der Waals surface area contributed by atoms with Gasteiger partial charge in [-0.05, 0) is 105 Å². The van der Waals surface area contributed by atoms with Crippen LogP contribution < -0.4 is 4.74 Å². The molecule has 0 saturated heterocycles. The lowest BCUT2D eigenvalue weighted by molar-refractivity contribution is -0.127. The van der Waals surface area contributed by atoms with Crippen molar-refractivity contribution in [2.24, 2.45) is 34.5 Å². The highest BCUT2D eigenvalue weighted by Crippen LogP contribution is 2.66. The standard InChI is InChI=1S/C31H40O4/c1-5-18-34-23-9-6-21(7-10-23)29(33)35-24-14-16-30(3)22(19-24)8-11-25-27-13-12-26(20(2)32)31(27,4)17-15-28(25)30/h5-10,24-28H,1,11-19H2,2-4H3/t24?,25-,26+,27-,28-,30-,31+/m0/s1. The summed E-state index contributed by atoms with van der Waals surface area (Å²) in [6, 6.07) is 7.15. The Morgan fingerprint density at radius 3 is 2.54 bits per heavy atom. The monoisotopic (exact) mass is 476 g/mol. The maximum absolute atomic E-state index is 12.8. The number of esters is 1. The Labute approximate surface area is 210 Å². The number of rotatable bonds is 6. The van der Waals surface area contributed by atoms with Crippen molar-refractivity contribution in [2.45, 2.75) is 78.2 Å². The molecule has 0 amide bonds. The van der Waals surface area contributed by atoms with Gasteiger partial charge in [-0.2, -0.15) is 0 Å². The van der Waals surface area contributed by atoms with Crippen LogP contribution >= 0.6 is 0 Å². The molecule has 0 spiro atoms. The third-order valence-corrected chi connectivity index (χ3v) is 10.3. The number of ketones is 1. The van der Waals surface area contributed by atoms with Crippen molar-refractivity contribution in [3.63, 3.8) is 0 Å². The predicted molar refractivity (Wildman–Crippen MR) is 137 cm³/mol. The van der Waals surface area contributed by atoms with Crippen molar-refractivity contribution in [2.75, 3.05) is 6.61 Å². The van der Waals surface area contributed by atoms with Gasteiger partial charge >= 0.3 is 5.97 Å². The number of benzene rings is 1. The number of Topliss-reactive ketones (excluding diaryl/α,β-unsaturated/α-hetero) is 1. The van der Waals surface area contributed by atoms with Crippen LogP contribution in [0.25, 0.3) is 0 Å². The van der Waals surface area contributed by atoms with E-state index in [4.69, 9.17) is 9.47 Å². The Bertz CT molecular complexity index is 1020. The largest absolute Gasteiger partial charge is 0.490 e. The van der Waals surface area contributed by atoms with Crippen molar-refractivity contribution in [3.8, 4) is 5.75 Å². The van der Waals surface area contributed by atoms with Crippen LogP contribution in [0.1, 0.15) is 82.5 Å². The van der Waals surface area contributed by atoms with Gasteiger partial charge in [-0.25, -0.2) is 4.79 Å². The normalized spacial score (nSPS) is 37.8. The van der Waals surface area contributed by atoms with E-state index < -0.39 is 0 Å². The minimum absolute atomic E-state index is 0.0579. The number of fused-ring (bicyclic) bond motifs is 5. The summed E-state index contributed by atoms with van der Waals surface area (Å²) >= 11 is 0. The van der Waals surface area contributed by atoms with Crippen molar-refractivity contribution in [1.29, 1.82) is 0 Å². The maximum atomic E-state index is 12.8. The first-order valence-electron chi connectivity index (χ1n) is 13.5. The van der Waals surface area contributed by atoms with Gasteiger partial charge in [-0.3, -0.25) is 4.79 Å². The van der Waals surface area contributed by atoms with Crippen LogP contribution in [0.5, 0.6) is 5.75 Å². The third kappa shape index (κ3) is 4.17. The van der Waals surface area contributed by atoms with E-state index in [-0.39, 0.29) is 28.8 Å². The van der Waals surface area contributed by atoms with Crippen LogP contribution in [-0.4, -0.2) is 24.5 Å². The van der Waals surface area contributed by atoms with E-state index in [2.05, 4.69) is 26.5 Å². The van der Waals surface area contributed by atoms with Crippen LogP contribution in [-0.2, 0) is 9.53 Å². The zero-order valence-corrected chi connectivity index (χ0v) is 21.6. The first kappa shape index (κ1) is 24.3. The van der Waals surface area contributed by atoms with Gasteiger partial charge < -0.3 is 9.47 Å². The molecule has 3 saturated carbocycles. The molecule has 5 rings (SSSR count). The summed E-state index contributed by atoms with van der Waals surface area (Å²) in [5.74, 6) is 3.16. The molecule has 4 heteroatoms. The second-order valence-corrected chi connectivity index (χ2v) is 11.9. The summed E-state index contributed by atoms with van der Waals surface area (Å²) in [4.78, 5) is 25.2. The average Bonchev–Trinajstić information content (AvgIpc) is 3.21. The number of hydrogen-bond acceptors (Lipinski definition) is 4. The molecule has 1 unspecified atom stereocenters. The van der Waals surface area contributed by atoms with Gasteiger partial charge in [0.15, 0.2) is 0 Å². The summed E-state index contributed by atoms with van der Waals surface area (Å²) < 4.78 is 11.5. The average molecular weight is 477 g/mol. The van der Waals surface area contributed by atoms with Crippen LogP contribution in [0.4, 0.5) is 0 Å². The van der Waals surface area contributed by atoms with E-state index in [0.717, 1.165) is 37.9 Å². The smallest absolute Gasteiger partial charge is 0.338 e. The molecule has 7 atom stereocenters. The zero-order valence-electron chi connectivity index (χ0n) is 21.6. The van der Waals surface area contributed by atoms with Gasteiger partial charge in [0, 0.05) is 12.3 Å². The number of carbonyl (C=O) groups excluding carboxylic acids is 2. The molecule has 188 valence electrons. The third-order valence-electron chi connectivity index (χ3n) is 10.3. The van der Waals surface area contributed by atoms with E-state index in [1.165, 1.54) is 24.8 Å². The molecule has 1 aromatic rings. The van der Waals surface area contributed by atoms with Gasteiger partial charge in [0.05, 0.1) is 5.56 Å². The van der Waals surface area contributed by atoms with Gasteiger partial charge in [0.2, 0.25) is 0 Å². The Morgan fingerprint density at radius 2 is 1.83 bits per heavy atom. The molecule has 4 aliphatic rings. The number of hydrogen-bond donors (Lipinski definition) is 0. The van der Waals surface area contributed by atoms with E-state index in [9.17, 15) is 9.59 Å². The maximum Gasteiger partial charge on any atom is 0.338 e. The lowest BCUT2D eigenvalue weighted by Crippen LogP contribution is -2.51. The fourth-order valence-electron chi connectivity index (χ4n) is 8.46. The molecule has 1 aromatic carbocycles. The predicted octanol–water partition coefficient (Wildman–Crippen LogP) is 6.94. The Balaban J connectivity index is 1.26. The highest BCUT2D eigenvalue weighted by molar-refractivity contribution is 5.89. The quantitative estimate of drug-likeness (QED) is 0.329. The van der Waals surface area contributed by atoms with Crippen molar-refractivity contribution in [3.05, 3.63) is 54.1 Å². The molecule has 0 heterocycles. The molecular weight excluding hydrogens is 436 g/mol. The van der Waals surface area contributed by atoms with Gasteiger partial charge in [0.1, 0.15) is 24.2 Å². The van der Waals surface area contributed by atoms with Crippen LogP contribution in [0, 0.1) is 34.5 Å². The molecule has 35 heavy (non-hydrogen) atoms. The molecule has 0 aliphatic heterocycles. The van der Waals surface area contributed by atoms with Crippen molar-refractivity contribution in [1.82, 2.24) is 0 Å². The van der Waals surface area contributed by atoms with E-state index in [1.54, 1.807) is 37.3 Å². The summed E-state index contributed by atoms with van der Waals surface area (Å²) in [6.45, 7) is 10.8. The Kier molecular flexibility index (Phi) is 6.44. The van der Waals surface area contributed by atoms with Crippen LogP contribution in [0.2, 0.25) is 0 Å². The lowest BCUT2D eigenvalue weighted by atomic mass is 9.47. The fraction of sp³-hybridized carbons (Fsp3) is 0.613. The Hall–Kier alpha value is -2.36. The first-order valence-corrected chi connectivity index (χ1v) is 13.5. The second-order valence-electron chi connectivity index (χ2n) is 11.9. The molecular formula is C31H40O4. The van der Waals surface area contributed by atoms with E-state index >= 15 is 0 Å². The van der Waals surface area contributed by atoms with Crippen LogP contribution in [0.3, 0.4) is 0 Å². The summed E-state index contributed by atoms with van der Waals surface area (Å²) in [6.07, 6.45) is 12.8. The minimum atomic E-state index is -0.252. The van der Waals surface area contributed by atoms with Crippen molar-refractivity contribution < 1.29 is 19.1 Å². The lowest BCUT2D eigenvalue weighted by Gasteiger charge is -2.58. The van der Waals surface area contributed by atoms with Gasteiger partial charge in [0.25, 0.3) is 0 Å². The molecule has 0 bridgehead atoms. The topological polar surface area (TPSA) is 52.6 Å². The van der Waals surface area contributed by atoms with Crippen molar-refractivity contribution >= 4 is 11.8 Å². The highest BCUT2D eigenvalue weighted by atomic mass is 16.5. The number of ether oxygens (including phenoxy) is 2. The minimum Gasteiger partial charge on any atom is -0.490 e. The van der Waals surface area contributed by atoms with E-state index in [0.29, 0.717) is 35.7 Å². The van der Waals surface area contributed by atoms with Gasteiger partial charge in [-0.15, -0.1) is 0 Å². The SMILES string of the molecule is C=CCOc1ccc(C(=O)OC2CC[C@@]3(C)C(=CC[C@H]4[C@@H]5CC[C@H](C(C)=O)[C@@]5(C)CC[C@@H]43)C2)cc1. The Morgan fingerprint density at radius 1 is 1.06 bits per heavy atom. The molecule has 0 N–H and O–H groups in total. The summed E-state index contributed by atoms with van der Waals surface area (Å²) in [5.41, 5.74) is 2.45. The molecule has 3 fully saturated rings. The zero-order chi connectivity index (χ0) is 24.8. The molecule has 4 nitrogen and oxygen atoms in total. The molecule has 0 aromatic heterocycles. The number of carbonyl (C=O) groups is 2. The molecule has 0 radical (unpaired) electrons.